The average Bonchev–Trinajstić information content (AvgIpc) is 2.37. The van der Waals surface area contributed by atoms with Gasteiger partial charge in [-0.2, -0.15) is 0 Å². The number of nitrogens with zero attached hydrogens (tertiary/aromatic N) is 1. The van der Waals surface area contributed by atoms with Crippen LogP contribution in [-0.4, -0.2) is 25.7 Å². The van der Waals surface area contributed by atoms with E-state index < -0.39 is 0 Å². The van der Waals surface area contributed by atoms with Gasteiger partial charge in [0.1, 0.15) is 0 Å². The Bertz CT molecular complexity index is 341. The van der Waals surface area contributed by atoms with Crippen LogP contribution >= 0.6 is 0 Å². The van der Waals surface area contributed by atoms with E-state index in [2.05, 4.69) is 48.3 Å². The lowest BCUT2D eigenvalue weighted by molar-refractivity contribution is 0.416. The molecule has 17 heavy (non-hydrogen) atoms. The van der Waals surface area contributed by atoms with Crippen molar-refractivity contribution in [1.29, 1.82) is 0 Å². The molecule has 0 radical (unpaired) electrons. The molecular weight excluding hydrogens is 208 g/mol. The molecule has 1 aliphatic rings. The minimum Gasteiger partial charge on any atom is -0.371 e. The highest BCUT2D eigenvalue weighted by Gasteiger charge is 2.18. The second kappa shape index (κ2) is 6.06. The first-order valence-corrected chi connectivity index (χ1v) is 6.84. The molecule has 0 atom stereocenters. The van der Waals surface area contributed by atoms with Gasteiger partial charge in [-0.1, -0.05) is 19.1 Å². The van der Waals surface area contributed by atoms with Crippen molar-refractivity contribution in [3.63, 3.8) is 0 Å². The van der Waals surface area contributed by atoms with Gasteiger partial charge in [0.05, 0.1) is 0 Å². The van der Waals surface area contributed by atoms with Crippen LogP contribution in [0.1, 0.15) is 31.7 Å². The second-order valence-corrected chi connectivity index (χ2v) is 5.05. The molecule has 0 unspecified atom stereocenters. The van der Waals surface area contributed by atoms with Gasteiger partial charge in [-0.25, -0.2) is 0 Å². The molecule has 1 saturated heterocycles. The fraction of sp³-hybridized carbons (Fsp3) is 0.600. The zero-order valence-electron chi connectivity index (χ0n) is 11.1. The number of benzene rings is 1. The summed E-state index contributed by atoms with van der Waals surface area (Å²) in [6.07, 6.45) is 3.78. The summed E-state index contributed by atoms with van der Waals surface area (Å²) in [5, 5.41) is 3.63. The molecule has 1 aromatic rings. The standard InChI is InChI=1S/C15H24N2/c1-3-9-16-14-7-10-17(11-8-14)15-6-4-5-13(2)12-15/h4-6,12,14,16H,3,7-11H2,1-2H3. The summed E-state index contributed by atoms with van der Waals surface area (Å²) in [5.41, 5.74) is 2.74. The molecule has 0 amide bonds. The van der Waals surface area contributed by atoms with Gasteiger partial charge in [0.2, 0.25) is 0 Å². The minimum atomic E-state index is 0.732. The van der Waals surface area contributed by atoms with Gasteiger partial charge in [-0.05, 0) is 50.4 Å². The molecule has 1 aliphatic heterocycles. The number of piperidine rings is 1. The van der Waals surface area contributed by atoms with E-state index in [0.717, 1.165) is 12.6 Å². The Morgan fingerprint density at radius 2 is 2.06 bits per heavy atom. The maximum absolute atomic E-state index is 3.63. The number of rotatable bonds is 4. The van der Waals surface area contributed by atoms with E-state index in [9.17, 15) is 0 Å². The number of aryl methyl sites for hydroxylation is 1. The molecule has 94 valence electrons. The lowest BCUT2D eigenvalue weighted by atomic mass is 10.0. The topological polar surface area (TPSA) is 15.3 Å². The monoisotopic (exact) mass is 232 g/mol. The Morgan fingerprint density at radius 1 is 1.29 bits per heavy atom. The third-order valence-electron chi connectivity index (χ3n) is 3.54. The SMILES string of the molecule is CCCNC1CCN(c2cccc(C)c2)CC1. The molecule has 0 aliphatic carbocycles. The minimum absolute atomic E-state index is 0.732. The summed E-state index contributed by atoms with van der Waals surface area (Å²) in [7, 11) is 0. The van der Waals surface area contributed by atoms with Crippen LogP contribution in [0.25, 0.3) is 0 Å². The van der Waals surface area contributed by atoms with Crippen LogP contribution < -0.4 is 10.2 Å². The van der Waals surface area contributed by atoms with Crippen LogP contribution in [0.2, 0.25) is 0 Å². The van der Waals surface area contributed by atoms with E-state index in [1.54, 1.807) is 0 Å². The normalized spacial score (nSPS) is 17.4. The van der Waals surface area contributed by atoms with Crippen molar-refractivity contribution < 1.29 is 0 Å². The van der Waals surface area contributed by atoms with E-state index in [1.165, 1.54) is 43.6 Å². The molecule has 0 saturated carbocycles. The molecule has 1 N–H and O–H groups in total. The summed E-state index contributed by atoms with van der Waals surface area (Å²) in [6, 6.07) is 9.58. The molecule has 1 heterocycles. The van der Waals surface area contributed by atoms with Gasteiger partial charge in [-0.15, -0.1) is 0 Å². The molecule has 2 rings (SSSR count). The highest BCUT2D eigenvalue weighted by molar-refractivity contribution is 5.48. The molecule has 1 aromatic carbocycles. The smallest absolute Gasteiger partial charge is 0.0368 e. The predicted octanol–water partition coefficient (Wildman–Crippen LogP) is 2.96. The van der Waals surface area contributed by atoms with Crippen LogP contribution in [0.5, 0.6) is 0 Å². The number of hydrogen-bond acceptors (Lipinski definition) is 2. The van der Waals surface area contributed by atoms with Gasteiger partial charge in [0, 0.05) is 24.8 Å². The van der Waals surface area contributed by atoms with E-state index in [1.807, 2.05) is 0 Å². The van der Waals surface area contributed by atoms with Gasteiger partial charge in [0.25, 0.3) is 0 Å². The lowest BCUT2D eigenvalue weighted by Crippen LogP contribution is -2.42. The molecule has 1 fully saturated rings. The maximum atomic E-state index is 3.63. The van der Waals surface area contributed by atoms with E-state index in [-0.39, 0.29) is 0 Å². The highest BCUT2D eigenvalue weighted by Crippen LogP contribution is 2.20. The maximum Gasteiger partial charge on any atom is 0.0368 e. The van der Waals surface area contributed by atoms with Crippen molar-refractivity contribution in [3.8, 4) is 0 Å². The lowest BCUT2D eigenvalue weighted by Gasteiger charge is -2.34. The summed E-state index contributed by atoms with van der Waals surface area (Å²) in [5.74, 6) is 0. The first-order chi connectivity index (χ1) is 8.29. The molecule has 0 aromatic heterocycles. The number of anilines is 1. The fourth-order valence-electron chi connectivity index (χ4n) is 2.51. The van der Waals surface area contributed by atoms with Crippen molar-refractivity contribution in [2.75, 3.05) is 24.5 Å². The zero-order valence-corrected chi connectivity index (χ0v) is 11.1. The Labute approximate surface area is 105 Å². The fourth-order valence-corrected chi connectivity index (χ4v) is 2.51. The molecule has 0 bridgehead atoms. The molecular formula is C15H24N2. The summed E-state index contributed by atoms with van der Waals surface area (Å²) >= 11 is 0. The van der Waals surface area contributed by atoms with Crippen LogP contribution in [-0.2, 0) is 0 Å². The molecule has 0 spiro atoms. The van der Waals surface area contributed by atoms with Gasteiger partial charge in [-0.3, -0.25) is 0 Å². The van der Waals surface area contributed by atoms with Crippen molar-refractivity contribution >= 4 is 5.69 Å². The van der Waals surface area contributed by atoms with Gasteiger partial charge >= 0.3 is 0 Å². The Kier molecular flexibility index (Phi) is 4.43. The molecule has 2 nitrogen and oxygen atoms in total. The van der Waals surface area contributed by atoms with Crippen LogP contribution in [0.3, 0.4) is 0 Å². The predicted molar refractivity (Wildman–Crippen MR) is 74.7 cm³/mol. The van der Waals surface area contributed by atoms with Crippen molar-refractivity contribution in [2.24, 2.45) is 0 Å². The third kappa shape index (κ3) is 3.47. The van der Waals surface area contributed by atoms with Crippen molar-refractivity contribution in [1.82, 2.24) is 5.32 Å². The first kappa shape index (κ1) is 12.4. The van der Waals surface area contributed by atoms with Crippen molar-refractivity contribution in [3.05, 3.63) is 29.8 Å². The summed E-state index contributed by atoms with van der Waals surface area (Å²) < 4.78 is 0. The van der Waals surface area contributed by atoms with Gasteiger partial charge < -0.3 is 10.2 Å². The van der Waals surface area contributed by atoms with E-state index in [0.29, 0.717) is 0 Å². The van der Waals surface area contributed by atoms with Crippen molar-refractivity contribution in [2.45, 2.75) is 39.2 Å². The van der Waals surface area contributed by atoms with Crippen LogP contribution in [0.15, 0.2) is 24.3 Å². The van der Waals surface area contributed by atoms with Crippen LogP contribution in [0, 0.1) is 6.92 Å². The molecule has 2 heteroatoms. The number of nitrogens with one attached hydrogen (secondary N) is 1. The zero-order chi connectivity index (χ0) is 12.1. The van der Waals surface area contributed by atoms with Crippen LogP contribution in [0.4, 0.5) is 5.69 Å². The first-order valence-electron chi connectivity index (χ1n) is 6.84. The average molecular weight is 232 g/mol. The summed E-state index contributed by atoms with van der Waals surface area (Å²) in [4.78, 5) is 2.51. The quantitative estimate of drug-likeness (QED) is 0.858. The Hall–Kier alpha value is -1.02. The van der Waals surface area contributed by atoms with Gasteiger partial charge in [0.15, 0.2) is 0 Å². The second-order valence-electron chi connectivity index (χ2n) is 5.05. The summed E-state index contributed by atoms with van der Waals surface area (Å²) in [6.45, 7) is 7.93. The largest absolute Gasteiger partial charge is 0.371 e. The highest BCUT2D eigenvalue weighted by atomic mass is 15.1. The van der Waals surface area contributed by atoms with E-state index in [4.69, 9.17) is 0 Å². The third-order valence-corrected chi connectivity index (χ3v) is 3.54. The van der Waals surface area contributed by atoms with E-state index >= 15 is 0 Å². The Balaban J connectivity index is 1.86. The number of hydrogen-bond donors (Lipinski definition) is 1. The Morgan fingerprint density at radius 3 is 2.71 bits per heavy atom.